The highest BCUT2D eigenvalue weighted by Gasteiger charge is 2.35. The molecular formula is C30H29BrClNO5S. The molecule has 3 aromatic carbocycles. The lowest BCUT2D eigenvalue weighted by Crippen LogP contribution is -2.27. The molecule has 1 aliphatic rings. The van der Waals surface area contributed by atoms with Crippen LogP contribution >= 0.6 is 39.3 Å². The Morgan fingerprint density at radius 1 is 1.00 bits per heavy atom. The second kappa shape index (κ2) is 12.5. The number of hydrogen-bond acceptors (Lipinski definition) is 6. The Bertz CT molecular complexity index is 1400. The molecule has 2 amide bonds. The maximum absolute atomic E-state index is 13.0. The van der Waals surface area contributed by atoms with Gasteiger partial charge in [-0.15, -0.1) is 0 Å². The fourth-order valence-electron chi connectivity index (χ4n) is 3.92. The van der Waals surface area contributed by atoms with Gasteiger partial charge in [0.15, 0.2) is 11.5 Å². The summed E-state index contributed by atoms with van der Waals surface area (Å²) in [5, 5.41) is 0.223. The van der Waals surface area contributed by atoms with E-state index in [0.29, 0.717) is 44.7 Å². The molecule has 39 heavy (non-hydrogen) atoms. The third-order valence-electron chi connectivity index (χ3n) is 5.97. The number of carbonyl (C=O) groups is 2. The normalized spacial score (nSPS) is 14.7. The van der Waals surface area contributed by atoms with Crippen LogP contribution in [-0.2, 0) is 16.8 Å². The van der Waals surface area contributed by atoms with Crippen LogP contribution in [0.15, 0.2) is 70.0 Å². The molecule has 0 saturated carbocycles. The first-order valence-electron chi connectivity index (χ1n) is 12.3. The van der Waals surface area contributed by atoms with E-state index in [4.69, 9.17) is 25.8 Å². The van der Waals surface area contributed by atoms with E-state index in [-0.39, 0.29) is 23.1 Å². The second-order valence-corrected chi connectivity index (χ2v) is 12.2. The third-order valence-corrected chi connectivity index (χ3v) is 7.70. The Morgan fingerprint density at radius 3 is 2.38 bits per heavy atom. The smallest absolute Gasteiger partial charge is 0.293 e. The van der Waals surface area contributed by atoms with E-state index in [1.54, 1.807) is 37.5 Å². The molecule has 0 N–H and O–H groups in total. The number of ether oxygens (including phenoxy) is 3. The van der Waals surface area contributed by atoms with Crippen molar-refractivity contribution in [1.82, 2.24) is 4.90 Å². The van der Waals surface area contributed by atoms with Crippen molar-refractivity contribution in [2.75, 3.05) is 20.3 Å². The van der Waals surface area contributed by atoms with Gasteiger partial charge in [-0.2, -0.15) is 0 Å². The number of imide groups is 1. The van der Waals surface area contributed by atoms with Crippen LogP contribution in [0.1, 0.15) is 37.5 Å². The van der Waals surface area contributed by atoms with Crippen LogP contribution in [0.3, 0.4) is 0 Å². The predicted molar refractivity (Wildman–Crippen MR) is 160 cm³/mol. The molecule has 1 heterocycles. The Hall–Kier alpha value is -2.94. The predicted octanol–water partition coefficient (Wildman–Crippen LogP) is 8.10. The minimum Gasteiger partial charge on any atom is -0.493 e. The zero-order valence-electron chi connectivity index (χ0n) is 22.1. The molecular weight excluding hydrogens is 602 g/mol. The van der Waals surface area contributed by atoms with E-state index in [2.05, 4.69) is 48.8 Å². The number of methoxy groups -OCH3 is 1. The average molecular weight is 631 g/mol. The van der Waals surface area contributed by atoms with Crippen LogP contribution in [-0.4, -0.2) is 36.4 Å². The first kappa shape index (κ1) is 29.1. The summed E-state index contributed by atoms with van der Waals surface area (Å²) in [6, 6.07) is 18.7. The molecule has 0 spiro atoms. The number of halogens is 2. The number of carbonyl (C=O) groups excluding carboxylic acids is 2. The minimum absolute atomic E-state index is 0.0855. The van der Waals surface area contributed by atoms with Gasteiger partial charge < -0.3 is 14.2 Å². The molecule has 204 valence electrons. The van der Waals surface area contributed by atoms with Gasteiger partial charge in [-0.25, -0.2) is 0 Å². The highest BCUT2D eigenvalue weighted by molar-refractivity contribution is 9.10. The lowest BCUT2D eigenvalue weighted by atomic mass is 9.87. The lowest BCUT2D eigenvalue weighted by molar-refractivity contribution is -0.123. The summed E-state index contributed by atoms with van der Waals surface area (Å²) in [4.78, 5) is 27.1. The Kier molecular flexibility index (Phi) is 9.31. The molecule has 0 unspecified atom stereocenters. The molecule has 0 atom stereocenters. The SMILES string of the molecule is COc1cc(/C=C2\SC(=O)N(Cc3cccc(Cl)c3)C2=O)cc(Br)c1OCCOc1ccc(C(C)(C)C)cc1. The van der Waals surface area contributed by atoms with Gasteiger partial charge in [0.25, 0.3) is 11.1 Å². The Balaban J connectivity index is 1.40. The lowest BCUT2D eigenvalue weighted by Gasteiger charge is -2.19. The van der Waals surface area contributed by atoms with Crippen molar-refractivity contribution < 1.29 is 23.8 Å². The fourth-order valence-corrected chi connectivity index (χ4v) is 5.55. The zero-order chi connectivity index (χ0) is 28.2. The molecule has 0 aliphatic carbocycles. The van der Waals surface area contributed by atoms with E-state index in [9.17, 15) is 9.59 Å². The molecule has 0 radical (unpaired) electrons. The van der Waals surface area contributed by atoms with E-state index < -0.39 is 0 Å². The van der Waals surface area contributed by atoms with Crippen LogP contribution in [0.5, 0.6) is 17.2 Å². The Morgan fingerprint density at radius 2 is 1.72 bits per heavy atom. The monoisotopic (exact) mass is 629 g/mol. The van der Waals surface area contributed by atoms with Gasteiger partial charge in [0.2, 0.25) is 0 Å². The molecule has 9 heteroatoms. The van der Waals surface area contributed by atoms with Crippen LogP contribution < -0.4 is 14.2 Å². The van der Waals surface area contributed by atoms with Crippen LogP contribution in [0.2, 0.25) is 5.02 Å². The van der Waals surface area contributed by atoms with Crippen molar-refractivity contribution in [2.24, 2.45) is 0 Å². The summed E-state index contributed by atoms with van der Waals surface area (Å²) in [7, 11) is 1.55. The van der Waals surface area contributed by atoms with Crippen molar-refractivity contribution in [3.8, 4) is 17.2 Å². The fraction of sp³-hybridized carbons (Fsp3) is 0.267. The van der Waals surface area contributed by atoms with Crippen molar-refractivity contribution in [3.63, 3.8) is 0 Å². The summed E-state index contributed by atoms with van der Waals surface area (Å²) in [5.41, 5.74) is 2.80. The van der Waals surface area contributed by atoms with Gasteiger partial charge in [-0.3, -0.25) is 14.5 Å². The Labute approximate surface area is 246 Å². The molecule has 0 bridgehead atoms. The number of nitrogens with zero attached hydrogens (tertiary/aromatic N) is 1. The highest BCUT2D eigenvalue weighted by atomic mass is 79.9. The number of thioether (sulfide) groups is 1. The van der Waals surface area contributed by atoms with E-state index in [0.717, 1.165) is 23.1 Å². The first-order chi connectivity index (χ1) is 18.5. The van der Waals surface area contributed by atoms with E-state index in [1.807, 2.05) is 24.3 Å². The van der Waals surface area contributed by atoms with E-state index in [1.165, 1.54) is 10.5 Å². The van der Waals surface area contributed by atoms with Crippen LogP contribution in [0, 0.1) is 0 Å². The van der Waals surface area contributed by atoms with Gasteiger partial charge in [0, 0.05) is 5.02 Å². The molecule has 4 rings (SSSR count). The maximum Gasteiger partial charge on any atom is 0.293 e. The summed E-state index contributed by atoms with van der Waals surface area (Å²) in [6.45, 7) is 7.33. The third kappa shape index (κ3) is 7.38. The van der Waals surface area contributed by atoms with E-state index >= 15 is 0 Å². The summed E-state index contributed by atoms with van der Waals surface area (Å²) >= 11 is 10.5. The number of hydrogen-bond donors (Lipinski definition) is 0. The summed E-state index contributed by atoms with van der Waals surface area (Å²) in [5.74, 6) is 1.43. The standard InChI is InChI=1S/C30H29BrClNO5S/c1-30(2,3)21-8-10-23(11-9-21)37-12-13-38-27-24(31)15-20(16-25(27)36-4)17-26-28(34)33(29(35)39-26)18-19-6-5-7-22(32)14-19/h5-11,14-17H,12-13,18H2,1-4H3/b26-17-. The molecule has 0 aromatic heterocycles. The number of rotatable bonds is 9. The van der Waals surface area contributed by atoms with Crippen molar-refractivity contribution >= 4 is 56.5 Å². The largest absolute Gasteiger partial charge is 0.493 e. The van der Waals surface area contributed by atoms with Crippen molar-refractivity contribution in [1.29, 1.82) is 0 Å². The van der Waals surface area contributed by atoms with Gasteiger partial charge in [0.1, 0.15) is 19.0 Å². The van der Waals surface area contributed by atoms with Crippen LogP contribution in [0.4, 0.5) is 4.79 Å². The van der Waals surface area contributed by atoms with Crippen molar-refractivity contribution in [3.05, 3.63) is 91.8 Å². The average Bonchev–Trinajstić information content (AvgIpc) is 3.14. The summed E-state index contributed by atoms with van der Waals surface area (Å²) in [6.07, 6.45) is 1.67. The number of amides is 2. The topological polar surface area (TPSA) is 65.1 Å². The molecule has 1 aliphatic heterocycles. The van der Waals surface area contributed by atoms with Gasteiger partial charge in [-0.1, -0.05) is 56.6 Å². The van der Waals surface area contributed by atoms with Crippen molar-refractivity contribution in [2.45, 2.75) is 32.7 Å². The first-order valence-corrected chi connectivity index (χ1v) is 14.3. The van der Waals surface area contributed by atoms with Crippen LogP contribution in [0.25, 0.3) is 6.08 Å². The molecule has 1 saturated heterocycles. The molecule has 6 nitrogen and oxygen atoms in total. The minimum atomic E-state index is -0.354. The maximum atomic E-state index is 13.0. The summed E-state index contributed by atoms with van der Waals surface area (Å²) < 4.78 is 18.0. The quantitative estimate of drug-likeness (QED) is 0.176. The highest BCUT2D eigenvalue weighted by Crippen LogP contribution is 2.39. The van der Waals surface area contributed by atoms with Gasteiger partial charge in [-0.05, 0) is 92.3 Å². The zero-order valence-corrected chi connectivity index (χ0v) is 25.3. The molecule has 1 fully saturated rings. The van der Waals surface area contributed by atoms with Gasteiger partial charge in [0.05, 0.1) is 23.0 Å². The second-order valence-electron chi connectivity index (χ2n) is 9.90. The molecule has 3 aromatic rings. The number of benzene rings is 3. The van der Waals surface area contributed by atoms with Gasteiger partial charge >= 0.3 is 0 Å².